The minimum absolute atomic E-state index is 0.672. The highest BCUT2D eigenvalue weighted by atomic mass is 16.3. The van der Waals surface area contributed by atoms with Gasteiger partial charge in [-0.1, -0.05) is 115 Å². The van der Waals surface area contributed by atoms with Gasteiger partial charge in [0.05, 0.1) is 22.4 Å². The van der Waals surface area contributed by atoms with E-state index >= 15 is 0 Å². The van der Waals surface area contributed by atoms with Crippen LogP contribution in [-0.2, 0) is 0 Å². The summed E-state index contributed by atoms with van der Waals surface area (Å²) < 4.78 is 8.47. The predicted octanol–water partition coefficient (Wildman–Crippen LogP) is 12.7. The van der Waals surface area contributed by atoms with Crippen LogP contribution in [0.15, 0.2) is 187 Å². The summed E-state index contributed by atoms with van der Waals surface area (Å²) in [6.07, 6.45) is 1.80. The lowest BCUT2D eigenvalue weighted by Crippen LogP contribution is -1.97. The minimum Gasteiger partial charge on any atom is -0.454 e. The molecule has 0 unspecified atom stereocenters. The third-order valence-electron chi connectivity index (χ3n) is 10.5. The fourth-order valence-electron chi connectivity index (χ4n) is 7.99. The lowest BCUT2D eigenvalue weighted by atomic mass is 9.93. The molecular formula is C49H30N4O. The Bertz CT molecular complexity index is 3180. The smallest absolute Gasteiger partial charge is 0.160 e. The quantitative estimate of drug-likeness (QED) is 0.180. The van der Waals surface area contributed by atoms with E-state index in [0.29, 0.717) is 5.82 Å². The zero-order valence-corrected chi connectivity index (χ0v) is 29.0. The minimum atomic E-state index is 0.672. The summed E-state index contributed by atoms with van der Waals surface area (Å²) in [5.41, 5.74) is 12.9. The Labute approximate surface area is 310 Å². The highest BCUT2D eigenvalue weighted by Crippen LogP contribution is 2.39. The second kappa shape index (κ2) is 12.1. The lowest BCUT2D eigenvalue weighted by molar-refractivity contribution is 0.668. The van der Waals surface area contributed by atoms with E-state index in [0.717, 1.165) is 72.2 Å². The standard InChI is InChI=1S/C49H30N4O/c1-2-12-31(13-3-1)49-51-42(33-23-26-46-41(29-33)48-47(54-46)22-11-27-50-48)30-43(52-49)38-25-24-35(36-16-4-5-17-37(36)38)32-14-10-15-34(28-32)53-44-20-8-6-18-39(44)40-19-7-9-21-45(40)53/h1-30H. The van der Waals surface area contributed by atoms with Gasteiger partial charge >= 0.3 is 0 Å². The molecule has 54 heavy (non-hydrogen) atoms. The van der Waals surface area contributed by atoms with Gasteiger partial charge < -0.3 is 8.98 Å². The molecule has 0 bridgehead atoms. The molecule has 0 fully saturated rings. The van der Waals surface area contributed by atoms with E-state index < -0.39 is 0 Å². The van der Waals surface area contributed by atoms with Crippen molar-refractivity contribution in [1.29, 1.82) is 0 Å². The molecule has 0 saturated carbocycles. The van der Waals surface area contributed by atoms with E-state index in [4.69, 9.17) is 14.4 Å². The highest BCUT2D eigenvalue weighted by Gasteiger charge is 2.17. The first-order valence-corrected chi connectivity index (χ1v) is 18.1. The van der Waals surface area contributed by atoms with Crippen LogP contribution in [-0.4, -0.2) is 19.5 Å². The summed E-state index contributed by atoms with van der Waals surface area (Å²) >= 11 is 0. The Kier molecular flexibility index (Phi) is 6.79. The van der Waals surface area contributed by atoms with Crippen molar-refractivity contribution >= 4 is 54.6 Å². The van der Waals surface area contributed by atoms with Gasteiger partial charge in [0.15, 0.2) is 11.4 Å². The van der Waals surface area contributed by atoms with Crippen molar-refractivity contribution in [3.8, 4) is 50.7 Å². The molecule has 0 spiro atoms. The molecule has 0 amide bonds. The maximum absolute atomic E-state index is 6.09. The van der Waals surface area contributed by atoms with Crippen molar-refractivity contribution in [2.75, 3.05) is 0 Å². The molecular weight excluding hydrogens is 661 g/mol. The van der Waals surface area contributed by atoms with E-state index in [2.05, 4.69) is 149 Å². The summed E-state index contributed by atoms with van der Waals surface area (Å²) in [4.78, 5) is 15.0. The van der Waals surface area contributed by atoms with Gasteiger partial charge in [-0.25, -0.2) is 9.97 Å². The van der Waals surface area contributed by atoms with Crippen molar-refractivity contribution in [3.63, 3.8) is 0 Å². The molecule has 0 aliphatic heterocycles. The average molecular weight is 691 g/mol. The molecule has 0 aliphatic rings. The van der Waals surface area contributed by atoms with Crippen LogP contribution in [0.4, 0.5) is 0 Å². The first kappa shape index (κ1) is 30.3. The van der Waals surface area contributed by atoms with Gasteiger partial charge in [0.1, 0.15) is 11.1 Å². The summed E-state index contributed by atoms with van der Waals surface area (Å²) in [5.74, 6) is 0.672. The molecule has 0 saturated heterocycles. The molecule has 7 aromatic carbocycles. The van der Waals surface area contributed by atoms with Crippen LogP contribution in [0.1, 0.15) is 0 Å². The molecule has 0 N–H and O–H groups in total. The van der Waals surface area contributed by atoms with Gasteiger partial charge in [0.2, 0.25) is 0 Å². The topological polar surface area (TPSA) is 56.7 Å². The predicted molar refractivity (Wildman–Crippen MR) is 221 cm³/mol. The second-order valence-corrected chi connectivity index (χ2v) is 13.6. The lowest BCUT2D eigenvalue weighted by Gasteiger charge is -2.15. The molecule has 5 heteroatoms. The van der Waals surface area contributed by atoms with Crippen molar-refractivity contribution in [1.82, 2.24) is 19.5 Å². The maximum Gasteiger partial charge on any atom is 0.160 e. The van der Waals surface area contributed by atoms with Crippen LogP contribution in [0.2, 0.25) is 0 Å². The van der Waals surface area contributed by atoms with Gasteiger partial charge in [0, 0.05) is 44.7 Å². The van der Waals surface area contributed by atoms with Crippen molar-refractivity contribution in [3.05, 3.63) is 182 Å². The van der Waals surface area contributed by atoms with Crippen LogP contribution < -0.4 is 0 Å². The molecule has 4 aromatic heterocycles. The number of para-hydroxylation sites is 2. The maximum atomic E-state index is 6.09. The van der Waals surface area contributed by atoms with Crippen LogP contribution >= 0.6 is 0 Å². The molecule has 252 valence electrons. The van der Waals surface area contributed by atoms with Gasteiger partial charge in [-0.05, 0) is 82.6 Å². The Morgan fingerprint density at radius 2 is 1.07 bits per heavy atom. The van der Waals surface area contributed by atoms with Crippen LogP contribution in [0.3, 0.4) is 0 Å². The fraction of sp³-hybridized carbons (Fsp3) is 0. The summed E-state index contributed by atoms with van der Waals surface area (Å²) in [5, 5.41) is 5.75. The fourth-order valence-corrected chi connectivity index (χ4v) is 7.99. The Morgan fingerprint density at radius 3 is 1.87 bits per heavy atom. The van der Waals surface area contributed by atoms with Crippen LogP contribution in [0.5, 0.6) is 0 Å². The number of furan rings is 1. The number of aromatic nitrogens is 4. The first-order valence-electron chi connectivity index (χ1n) is 18.1. The first-order chi connectivity index (χ1) is 26.8. The van der Waals surface area contributed by atoms with Crippen molar-refractivity contribution in [2.45, 2.75) is 0 Å². The molecule has 0 aliphatic carbocycles. The monoisotopic (exact) mass is 690 g/mol. The number of nitrogens with zero attached hydrogens (tertiary/aromatic N) is 4. The van der Waals surface area contributed by atoms with E-state index in [1.807, 2.05) is 36.4 Å². The van der Waals surface area contributed by atoms with E-state index in [-0.39, 0.29) is 0 Å². The molecule has 11 aromatic rings. The number of pyridine rings is 1. The van der Waals surface area contributed by atoms with Crippen LogP contribution in [0, 0.1) is 0 Å². The van der Waals surface area contributed by atoms with Crippen molar-refractivity contribution in [2.24, 2.45) is 0 Å². The highest BCUT2D eigenvalue weighted by molar-refractivity contribution is 6.10. The van der Waals surface area contributed by atoms with Gasteiger partial charge in [0.25, 0.3) is 0 Å². The molecule has 11 rings (SSSR count). The molecule has 0 atom stereocenters. The summed E-state index contributed by atoms with van der Waals surface area (Å²) in [6.45, 7) is 0. The zero-order valence-electron chi connectivity index (χ0n) is 29.0. The number of hydrogen-bond donors (Lipinski definition) is 0. The zero-order chi connectivity index (χ0) is 35.6. The summed E-state index contributed by atoms with van der Waals surface area (Å²) in [6, 6.07) is 61.6. The van der Waals surface area contributed by atoms with E-state index in [1.165, 1.54) is 27.4 Å². The number of hydrogen-bond acceptors (Lipinski definition) is 4. The Balaban J connectivity index is 1.08. The number of rotatable bonds is 5. The van der Waals surface area contributed by atoms with E-state index in [9.17, 15) is 0 Å². The SMILES string of the molecule is c1ccc(-c2nc(-c3ccc4oc5cccnc5c4c3)cc(-c3ccc(-c4cccc(-n5c6ccccc6c6ccccc65)c4)c4ccccc34)n2)cc1. The molecule has 4 heterocycles. The molecule has 0 radical (unpaired) electrons. The van der Waals surface area contributed by atoms with Crippen LogP contribution in [0.25, 0.3) is 105 Å². The van der Waals surface area contributed by atoms with E-state index in [1.54, 1.807) is 6.20 Å². The molecule has 5 nitrogen and oxygen atoms in total. The van der Waals surface area contributed by atoms with Gasteiger partial charge in [-0.3, -0.25) is 4.98 Å². The van der Waals surface area contributed by atoms with Gasteiger partial charge in [-0.2, -0.15) is 0 Å². The number of benzene rings is 7. The Morgan fingerprint density at radius 1 is 0.407 bits per heavy atom. The normalized spacial score (nSPS) is 11.7. The summed E-state index contributed by atoms with van der Waals surface area (Å²) in [7, 11) is 0. The average Bonchev–Trinajstić information content (AvgIpc) is 3.79. The second-order valence-electron chi connectivity index (χ2n) is 13.6. The number of fused-ring (bicyclic) bond motifs is 7. The largest absolute Gasteiger partial charge is 0.454 e. The third kappa shape index (κ3) is 4.83. The third-order valence-corrected chi connectivity index (χ3v) is 10.5. The van der Waals surface area contributed by atoms with Gasteiger partial charge in [-0.15, -0.1) is 0 Å². The van der Waals surface area contributed by atoms with Crippen molar-refractivity contribution < 1.29 is 4.42 Å². The Hall–Kier alpha value is -7.37.